The number of amides is 1. The van der Waals surface area contributed by atoms with Crippen molar-refractivity contribution < 1.29 is 50.0 Å². The van der Waals surface area contributed by atoms with E-state index < -0.39 is 74.2 Å². The molecule has 1 aliphatic heterocycles. The molecule has 1 rings (SSSR count). The minimum Gasteiger partial charge on any atom is -0.394 e. The maximum Gasteiger partial charge on any atom is 0.249 e. The van der Waals surface area contributed by atoms with Gasteiger partial charge in [0.1, 0.15) is 36.6 Å². The van der Waals surface area contributed by atoms with Gasteiger partial charge in [-0.15, -0.1) is 0 Å². The topological polar surface area (TPSA) is 189 Å². The van der Waals surface area contributed by atoms with Crippen LogP contribution in [0.2, 0.25) is 0 Å². The number of unbranched alkanes of at least 4 members (excludes halogenated alkanes) is 43. The van der Waals surface area contributed by atoms with E-state index in [0.29, 0.717) is 19.3 Å². The molecule has 9 atom stereocenters. The quantitative estimate of drug-likeness (QED) is 0.0215. The van der Waals surface area contributed by atoms with Crippen molar-refractivity contribution in [3.63, 3.8) is 0 Å². The Bertz CT molecular complexity index is 1410. The van der Waals surface area contributed by atoms with Gasteiger partial charge in [0.15, 0.2) is 6.29 Å². The second-order valence-electron chi connectivity index (χ2n) is 24.6. The van der Waals surface area contributed by atoms with Crippen LogP contribution in [0.5, 0.6) is 0 Å². The molecule has 0 aromatic heterocycles. The number of aliphatic hydroxyl groups excluding tert-OH is 7. The molecule has 478 valence electrons. The SMILES string of the molecule is CCCCCCCCCCCCCCCCCCCCC/C=C/CC/C=C/CC/C=C/CCCC(O)C(O)C(COC1OC(CO)C(O)C(O)C1O)NC(=O)C(O)CCCCCCCCCCCCCCCCCCCCCCCC. The van der Waals surface area contributed by atoms with E-state index in [9.17, 15) is 40.5 Å². The Labute approximate surface area is 498 Å². The molecule has 1 aliphatic rings. The van der Waals surface area contributed by atoms with Crippen molar-refractivity contribution in [1.82, 2.24) is 5.32 Å². The summed E-state index contributed by atoms with van der Waals surface area (Å²) >= 11 is 0. The fraction of sp³-hybridized carbons (Fsp3) is 0.900. The van der Waals surface area contributed by atoms with Gasteiger partial charge in [-0.3, -0.25) is 4.79 Å². The molecular weight excluding hydrogens is 1010 g/mol. The van der Waals surface area contributed by atoms with Crippen LogP contribution in [0.1, 0.15) is 335 Å². The minimum absolute atomic E-state index is 0.243. The summed E-state index contributed by atoms with van der Waals surface area (Å²) in [7, 11) is 0. The zero-order valence-electron chi connectivity index (χ0n) is 52.8. The lowest BCUT2D eigenvalue weighted by Crippen LogP contribution is -2.60. The number of carbonyl (C=O) groups excluding carboxylic acids is 1. The Kier molecular flexibility index (Phi) is 56.0. The molecule has 0 saturated carbocycles. The van der Waals surface area contributed by atoms with Gasteiger partial charge in [-0.1, -0.05) is 307 Å². The zero-order valence-corrected chi connectivity index (χ0v) is 52.8. The van der Waals surface area contributed by atoms with E-state index in [1.807, 2.05) is 0 Å². The molecule has 0 spiro atoms. The van der Waals surface area contributed by atoms with Gasteiger partial charge in [-0.25, -0.2) is 0 Å². The van der Waals surface area contributed by atoms with Gasteiger partial charge < -0.3 is 50.5 Å². The monoisotopic (exact) mass is 1150 g/mol. The third-order valence-electron chi connectivity index (χ3n) is 16.9. The van der Waals surface area contributed by atoms with Gasteiger partial charge >= 0.3 is 0 Å². The van der Waals surface area contributed by atoms with Crippen molar-refractivity contribution in [3.8, 4) is 0 Å². The first-order valence-corrected chi connectivity index (χ1v) is 34.9. The Hall–Kier alpha value is -1.67. The summed E-state index contributed by atoms with van der Waals surface area (Å²) in [6.07, 6.45) is 63.8. The number of nitrogens with one attached hydrogen (secondary N) is 1. The number of aliphatic hydroxyl groups is 7. The lowest BCUT2D eigenvalue weighted by Gasteiger charge is -2.40. The van der Waals surface area contributed by atoms with Gasteiger partial charge in [0.2, 0.25) is 5.91 Å². The van der Waals surface area contributed by atoms with Gasteiger partial charge in [-0.2, -0.15) is 0 Å². The number of allylic oxidation sites excluding steroid dienone is 6. The van der Waals surface area contributed by atoms with Crippen LogP contribution >= 0.6 is 0 Å². The normalized spacial score (nSPS) is 19.3. The van der Waals surface area contributed by atoms with Gasteiger partial charge in [0.05, 0.1) is 25.4 Å². The number of hydrogen-bond acceptors (Lipinski definition) is 10. The maximum atomic E-state index is 13.2. The third kappa shape index (κ3) is 46.3. The van der Waals surface area contributed by atoms with Crippen LogP contribution in [0.4, 0.5) is 0 Å². The predicted molar refractivity (Wildman–Crippen MR) is 339 cm³/mol. The highest BCUT2D eigenvalue weighted by Crippen LogP contribution is 2.24. The maximum absolute atomic E-state index is 13.2. The zero-order chi connectivity index (χ0) is 58.9. The highest BCUT2D eigenvalue weighted by Gasteiger charge is 2.44. The summed E-state index contributed by atoms with van der Waals surface area (Å²) < 4.78 is 11.2. The van der Waals surface area contributed by atoms with Crippen LogP contribution in [0, 0.1) is 0 Å². The fourth-order valence-corrected chi connectivity index (χ4v) is 11.3. The molecule has 0 aliphatic carbocycles. The van der Waals surface area contributed by atoms with E-state index in [-0.39, 0.29) is 12.8 Å². The molecule has 1 amide bonds. The van der Waals surface area contributed by atoms with Crippen molar-refractivity contribution in [2.45, 2.75) is 390 Å². The Morgan fingerprint density at radius 3 is 1.10 bits per heavy atom. The summed E-state index contributed by atoms with van der Waals surface area (Å²) in [4.78, 5) is 13.2. The fourth-order valence-electron chi connectivity index (χ4n) is 11.3. The highest BCUT2D eigenvalue weighted by atomic mass is 16.7. The smallest absolute Gasteiger partial charge is 0.249 e. The molecule has 0 aromatic rings. The predicted octanol–water partition coefficient (Wildman–Crippen LogP) is 16.6. The van der Waals surface area contributed by atoms with E-state index in [0.717, 1.165) is 44.9 Å². The lowest BCUT2D eigenvalue weighted by molar-refractivity contribution is -0.303. The third-order valence-corrected chi connectivity index (χ3v) is 16.9. The Morgan fingerprint density at radius 1 is 0.420 bits per heavy atom. The van der Waals surface area contributed by atoms with E-state index in [1.54, 1.807) is 0 Å². The van der Waals surface area contributed by atoms with E-state index in [4.69, 9.17) is 9.47 Å². The van der Waals surface area contributed by atoms with E-state index in [2.05, 4.69) is 55.6 Å². The highest BCUT2D eigenvalue weighted by molar-refractivity contribution is 5.80. The summed E-state index contributed by atoms with van der Waals surface area (Å²) in [5.74, 6) is -0.707. The summed E-state index contributed by atoms with van der Waals surface area (Å²) in [5.41, 5.74) is 0. The van der Waals surface area contributed by atoms with Crippen molar-refractivity contribution in [1.29, 1.82) is 0 Å². The molecule has 0 radical (unpaired) electrons. The molecule has 1 saturated heterocycles. The van der Waals surface area contributed by atoms with Crippen LogP contribution < -0.4 is 5.32 Å². The molecule has 9 unspecified atom stereocenters. The summed E-state index contributed by atoms with van der Waals surface area (Å²) in [6.45, 7) is 3.49. The summed E-state index contributed by atoms with van der Waals surface area (Å²) in [6, 6.07) is -1.19. The first-order valence-electron chi connectivity index (χ1n) is 34.9. The van der Waals surface area contributed by atoms with Gasteiger partial charge in [0, 0.05) is 0 Å². The van der Waals surface area contributed by atoms with Crippen molar-refractivity contribution in [2.75, 3.05) is 13.2 Å². The first kappa shape index (κ1) is 77.3. The van der Waals surface area contributed by atoms with Gasteiger partial charge in [0.25, 0.3) is 0 Å². The van der Waals surface area contributed by atoms with Crippen LogP contribution in [0.3, 0.4) is 0 Å². The van der Waals surface area contributed by atoms with Crippen molar-refractivity contribution in [3.05, 3.63) is 36.5 Å². The number of rotatable bonds is 61. The molecule has 81 heavy (non-hydrogen) atoms. The first-order chi connectivity index (χ1) is 39.7. The van der Waals surface area contributed by atoms with E-state index in [1.165, 1.54) is 244 Å². The second-order valence-corrected chi connectivity index (χ2v) is 24.6. The number of carbonyl (C=O) groups is 1. The molecule has 0 aromatic carbocycles. The Morgan fingerprint density at radius 2 is 0.741 bits per heavy atom. The Balaban J connectivity index is 2.24. The molecule has 11 heteroatoms. The minimum atomic E-state index is -1.67. The van der Waals surface area contributed by atoms with Gasteiger partial charge in [-0.05, 0) is 64.2 Å². The molecule has 1 fully saturated rings. The van der Waals surface area contributed by atoms with Crippen LogP contribution in [0.15, 0.2) is 36.5 Å². The van der Waals surface area contributed by atoms with Crippen molar-refractivity contribution in [2.24, 2.45) is 0 Å². The van der Waals surface area contributed by atoms with E-state index >= 15 is 0 Å². The van der Waals surface area contributed by atoms with Crippen LogP contribution in [0.25, 0.3) is 0 Å². The average molecular weight is 1150 g/mol. The van der Waals surface area contributed by atoms with Crippen molar-refractivity contribution >= 4 is 5.91 Å². The average Bonchev–Trinajstić information content (AvgIpc) is 3.51. The van der Waals surface area contributed by atoms with Crippen LogP contribution in [-0.4, -0.2) is 110 Å². The number of hydrogen-bond donors (Lipinski definition) is 8. The summed E-state index contributed by atoms with van der Waals surface area (Å²) in [5, 5.41) is 76.4. The standard InChI is InChI=1S/C70H133NO10/c1-3-5-7-9-11-13-15-17-19-21-23-25-27-28-29-30-31-32-33-34-35-36-38-39-41-43-45-47-49-51-53-55-57-62(73)65(75)61(60-80-70-68(78)67(77)66(76)64(59-72)81-70)71-69(79)63(74)58-56-54-52-50-48-46-44-42-40-37-26-24-22-20-18-16-14-12-10-8-6-4-2/h35-36,41,43,49,51,61-68,70,72-78H,3-34,37-40,42,44-48,50,52-60H2,1-2H3,(H,71,79)/b36-35+,43-41+,51-49+. The molecular formula is C70H133NO10. The largest absolute Gasteiger partial charge is 0.394 e. The molecule has 0 bridgehead atoms. The second kappa shape index (κ2) is 58.7. The molecule has 11 nitrogen and oxygen atoms in total. The number of ether oxygens (including phenoxy) is 2. The molecule has 1 heterocycles. The van der Waals surface area contributed by atoms with Crippen LogP contribution in [-0.2, 0) is 14.3 Å². The molecule has 8 N–H and O–H groups in total. The lowest BCUT2D eigenvalue weighted by atomic mass is 9.98.